The van der Waals surface area contributed by atoms with Crippen molar-refractivity contribution in [3.05, 3.63) is 50.6 Å². The van der Waals surface area contributed by atoms with Crippen molar-refractivity contribution in [3.63, 3.8) is 0 Å². The van der Waals surface area contributed by atoms with Crippen molar-refractivity contribution < 1.29 is 14.2 Å². The Kier molecular flexibility index (Phi) is 4.63. The first kappa shape index (κ1) is 20.4. The number of thiophene rings is 1. The fraction of sp³-hybridized carbons (Fsp3) is 0.333. The van der Waals surface area contributed by atoms with Gasteiger partial charge >= 0.3 is 0 Å². The van der Waals surface area contributed by atoms with Crippen molar-refractivity contribution in [1.82, 2.24) is 0 Å². The minimum Gasteiger partial charge on any atom is -0.497 e. The lowest BCUT2D eigenvalue weighted by molar-refractivity contribution is -0.287. The number of nitriles is 3. The third kappa shape index (κ3) is 2.27. The zero-order valence-electron chi connectivity index (χ0n) is 16.0. The summed E-state index contributed by atoms with van der Waals surface area (Å²) in [7, 11) is 1.55. The molecule has 2 fully saturated rings. The molecule has 2 bridgehead atoms. The molecule has 1 aromatic carbocycles. The van der Waals surface area contributed by atoms with E-state index in [0.29, 0.717) is 16.2 Å². The highest BCUT2D eigenvalue weighted by Crippen LogP contribution is 2.69. The molecule has 2 aliphatic heterocycles. The first-order valence-corrected chi connectivity index (χ1v) is 10.6. The molecule has 0 spiro atoms. The number of hydrogen-bond acceptors (Lipinski definition) is 8. The summed E-state index contributed by atoms with van der Waals surface area (Å²) in [5.74, 6) is -2.11. The fourth-order valence-corrected chi connectivity index (χ4v) is 5.95. The maximum Gasteiger partial charge on any atom is 0.244 e. The van der Waals surface area contributed by atoms with Gasteiger partial charge in [-0.05, 0) is 46.3 Å². The standard InChI is InChI=1S/C21H15BrN4O3S/c1-12-20(11-25)18(26)29-21(12,13-3-5-15(27-2)6-4-13)28-17(19(20,9-23)10-24)16-7-14(22)8-30-16/h3-8,12,17,26H,1-2H3. The molecule has 2 saturated heterocycles. The highest BCUT2D eigenvalue weighted by atomic mass is 79.9. The lowest BCUT2D eigenvalue weighted by Crippen LogP contribution is -2.57. The van der Waals surface area contributed by atoms with E-state index in [4.69, 9.17) is 19.6 Å². The van der Waals surface area contributed by atoms with E-state index in [0.717, 1.165) is 4.47 Å². The number of fused-ring (bicyclic) bond motifs is 2. The van der Waals surface area contributed by atoms with Gasteiger partial charge in [0, 0.05) is 20.3 Å². The van der Waals surface area contributed by atoms with Crippen LogP contribution >= 0.6 is 27.3 Å². The summed E-state index contributed by atoms with van der Waals surface area (Å²) in [6.07, 6.45) is -1.09. The third-order valence-corrected chi connectivity index (χ3v) is 7.74. The van der Waals surface area contributed by atoms with Crippen LogP contribution in [0.1, 0.15) is 23.5 Å². The van der Waals surface area contributed by atoms with E-state index in [9.17, 15) is 15.8 Å². The zero-order valence-corrected chi connectivity index (χ0v) is 18.4. The second-order valence-electron chi connectivity index (χ2n) is 7.17. The second kappa shape index (κ2) is 6.82. The number of benzene rings is 1. The van der Waals surface area contributed by atoms with Crippen molar-refractivity contribution in [3.8, 4) is 24.0 Å². The van der Waals surface area contributed by atoms with Crippen LogP contribution in [0, 0.1) is 56.2 Å². The van der Waals surface area contributed by atoms with Crippen molar-refractivity contribution in [2.45, 2.75) is 18.8 Å². The lowest BCUT2D eigenvalue weighted by atomic mass is 9.54. The SMILES string of the molecule is COc1ccc(C23OC(=N)C(C#N)(C2C)C(C#N)(C#N)C(c2cc(Br)cs2)O3)cc1. The largest absolute Gasteiger partial charge is 0.497 e. The maximum absolute atomic E-state index is 10.3. The summed E-state index contributed by atoms with van der Waals surface area (Å²) in [6, 6.07) is 14.9. The van der Waals surface area contributed by atoms with E-state index in [1.165, 1.54) is 11.3 Å². The number of nitrogens with one attached hydrogen (secondary N) is 1. The van der Waals surface area contributed by atoms with Crippen LogP contribution in [0.5, 0.6) is 5.75 Å². The highest BCUT2D eigenvalue weighted by molar-refractivity contribution is 9.10. The maximum atomic E-state index is 10.3. The summed E-state index contributed by atoms with van der Waals surface area (Å²) in [4.78, 5) is 0.590. The molecular weight excluding hydrogens is 468 g/mol. The molecule has 3 heterocycles. The number of hydrogen-bond donors (Lipinski definition) is 1. The van der Waals surface area contributed by atoms with Gasteiger partial charge in [-0.1, -0.05) is 6.92 Å². The Balaban J connectivity index is 2.00. The Hall–Kier alpha value is -2.90. The van der Waals surface area contributed by atoms with Gasteiger partial charge in [-0.3, -0.25) is 5.41 Å². The van der Waals surface area contributed by atoms with Gasteiger partial charge in [0.2, 0.25) is 17.1 Å². The number of rotatable bonds is 3. The van der Waals surface area contributed by atoms with Gasteiger partial charge in [-0.15, -0.1) is 11.3 Å². The first-order valence-electron chi connectivity index (χ1n) is 8.93. The average Bonchev–Trinajstić information content (AvgIpc) is 3.26. The minimum atomic E-state index is -1.96. The smallest absolute Gasteiger partial charge is 0.244 e. The highest BCUT2D eigenvalue weighted by Gasteiger charge is 2.79. The van der Waals surface area contributed by atoms with Gasteiger partial charge in [-0.25, -0.2) is 0 Å². The molecule has 0 saturated carbocycles. The normalized spacial score (nSPS) is 31.1. The minimum absolute atomic E-state index is 0.436. The number of nitrogens with zero attached hydrogens (tertiary/aromatic N) is 3. The Morgan fingerprint density at radius 3 is 2.33 bits per heavy atom. The topological polar surface area (TPSA) is 123 Å². The summed E-state index contributed by atoms with van der Waals surface area (Å²) in [5.41, 5.74) is -3.20. The van der Waals surface area contributed by atoms with E-state index in [-0.39, 0.29) is 0 Å². The molecule has 9 heteroatoms. The Morgan fingerprint density at radius 2 is 1.83 bits per heavy atom. The van der Waals surface area contributed by atoms with Crippen LogP contribution in [-0.4, -0.2) is 13.0 Å². The van der Waals surface area contributed by atoms with Crippen molar-refractivity contribution >= 4 is 33.2 Å². The van der Waals surface area contributed by atoms with E-state index < -0.39 is 34.5 Å². The van der Waals surface area contributed by atoms with Gasteiger partial charge in [0.25, 0.3) is 0 Å². The molecule has 1 N–H and O–H groups in total. The Bertz CT molecular complexity index is 1140. The van der Waals surface area contributed by atoms with Crippen LogP contribution in [-0.2, 0) is 15.3 Å². The molecule has 0 amide bonds. The van der Waals surface area contributed by atoms with E-state index in [1.807, 2.05) is 17.5 Å². The lowest BCUT2D eigenvalue weighted by Gasteiger charge is -2.48. The number of ether oxygens (including phenoxy) is 3. The predicted octanol–water partition coefficient (Wildman–Crippen LogP) is 4.63. The molecular formula is C21H15BrN4O3S. The van der Waals surface area contributed by atoms with Crippen LogP contribution in [0.25, 0.3) is 0 Å². The van der Waals surface area contributed by atoms with Crippen LogP contribution in [0.3, 0.4) is 0 Å². The van der Waals surface area contributed by atoms with Gasteiger partial charge in [0.15, 0.2) is 5.41 Å². The van der Waals surface area contributed by atoms with E-state index in [2.05, 4.69) is 22.0 Å². The summed E-state index contributed by atoms with van der Waals surface area (Å²) in [5, 5.41) is 41.0. The van der Waals surface area contributed by atoms with Crippen LogP contribution < -0.4 is 4.74 Å². The van der Waals surface area contributed by atoms with Crippen molar-refractivity contribution in [2.75, 3.05) is 7.11 Å². The van der Waals surface area contributed by atoms with Gasteiger partial charge < -0.3 is 14.2 Å². The number of methoxy groups -OCH3 is 1. The molecule has 30 heavy (non-hydrogen) atoms. The van der Waals surface area contributed by atoms with Gasteiger partial charge in [0.05, 0.1) is 31.2 Å². The van der Waals surface area contributed by atoms with Crippen LogP contribution in [0.2, 0.25) is 0 Å². The molecule has 1 aromatic heterocycles. The molecule has 4 rings (SSSR count). The van der Waals surface area contributed by atoms with E-state index >= 15 is 0 Å². The second-order valence-corrected chi connectivity index (χ2v) is 9.02. The molecule has 2 aliphatic rings. The molecule has 4 unspecified atom stereocenters. The summed E-state index contributed by atoms with van der Waals surface area (Å²) < 4.78 is 18.3. The molecule has 4 atom stereocenters. The molecule has 2 aromatic rings. The van der Waals surface area contributed by atoms with Crippen LogP contribution in [0.4, 0.5) is 0 Å². The molecule has 150 valence electrons. The third-order valence-electron chi connectivity index (χ3n) is 6.01. The Labute approximate surface area is 185 Å². The van der Waals surface area contributed by atoms with Crippen molar-refractivity contribution in [1.29, 1.82) is 21.2 Å². The van der Waals surface area contributed by atoms with Crippen LogP contribution in [0.15, 0.2) is 40.2 Å². The number of halogens is 1. The molecule has 0 radical (unpaired) electrons. The van der Waals surface area contributed by atoms with Gasteiger partial charge in [0.1, 0.15) is 11.9 Å². The fourth-order valence-electron chi connectivity index (χ4n) is 4.41. The Morgan fingerprint density at radius 1 is 1.17 bits per heavy atom. The van der Waals surface area contributed by atoms with Gasteiger partial charge in [-0.2, -0.15) is 15.8 Å². The monoisotopic (exact) mass is 482 g/mol. The quantitative estimate of drug-likeness (QED) is 0.679. The van der Waals surface area contributed by atoms with E-state index in [1.54, 1.807) is 44.4 Å². The molecule has 7 nitrogen and oxygen atoms in total. The zero-order chi connectivity index (χ0) is 21.7. The summed E-state index contributed by atoms with van der Waals surface area (Å²) in [6.45, 7) is 1.68. The van der Waals surface area contributed by atoms with Crippen molar-refractivity contribution in [2.24, 2.45) is 16.7 Å². The average molecular weight is 483 g/mol. The first-order chi connectivity index (χ1) is 14.3. The predicted molar refractivity (Wildman–Crippen MR) is 110 cm³/mol. The summed E-state index contributed by atoms with van der Waals surface area (Å²) >= 11 is 4.69. The molecule has 0 aliphatic carbocycles.